The molecule has 0 bridgehead atoms. The molecule has 0 aliphatic rings. The number of halogens is 1. The van der Waals surface area contributed by atoms with E-state index in [9.17, 15) is 13.2 Å². The molecular weight excluding hydrogens is 450 g/mol. The minimum Gasteiger partial charge on any atom is -0.497 e. The first-order valence-electron chi connectivity index (χ1n) is 9.60. The molecular formula is C23H22ClN3O4S. The van der Waals surface area contributed by atoms with E-state index in [1.807, 2.05) is 6.92 Å². The van der Waals surface area contributed by atoms with E-state index < -0.39 is 22.5 Å². The summed E-state index contributed by atoms with van der Waals surface area (Å²) in [6.07, 6.45) is 1.44. The fourth-order valence-corrected chi connectivity index (χ4v) is 4.35. The van der Waals surface area contributed by atoms with Gasteiger partial charge in [-0.15, -0.1) is 0 Å². The van der Waals surface area contributed by atoms with Gasteiger partial charge >= 0.3 is 0 Å². The Labute approximate surface area is 192 Å². The number of amides is 1. The molecule has 0 aromatic heterocycles. The highest BCUT2D eigenvalue weighted by Crippen LogP contribution is 2.27. The molecule has 0 aliphatic heterocycles. The fraction of sp³-hybridized carbons (Fsp3) is 0.130. The molecule has 0 spiro atoms. The standard InChI is InChI=1S/C23H22ClN3O4S/c1-17-6-12-22(13-7-17)32(29,30)27(20-4-3-5-21(14-20)31-2)16-23(28)26-25-15-18-8-10-19(24)11-9-18/h3-15H,16H2,1-2H3,(H,26,28)/b25-15-. The number of sulfonamides is 1. The third-order valence-corrected chi connectivity index (χ3v) is 6.55. The number of ether oxygens (including phenoxy) is 1. The van der Waals surface area contributed by atoms with Crippen LogP contribution in [0.4, 0.5) is 5.69 Å². The van der Waals surface area contributed by atoms with Gasteiger partial charge in [0.15, 0.2) is 0 Å². The van der Waals surface area contributed by atoms with Crippen molar-refractivity contribution in [2.24, 2.45) is 5.10 Å². The lowest BCUT2D eigenvalue weighted by Gasteiger charge is -2.24. The zero-order valence-corrected chi connectivity index (χ0v) is 19.1. The molecule has 0 saturated heterocycles. The quantitative estimate of drug-likeness (QED) is 0.397. The maximum Gasteiger partial charge on any atom is 0.264 e. The van der Waals surface area contributed by atoms with Gasteiger partial charge in [0.05, 0.1) is 23.9 Å². The molecule has 9 heteroatoms. The van der Waals surface area contributed by atoms with Gasteiger partial charge in [0.1, 0.15) is 12.3 Å². The van der Waals surface area contributed by atoms with Crippen molar-refractivity contribution in [3.05, 3.63) is 88.9 Å². The highest BCUT2D eigenvalue weighted by atomic mass is 35.5. The minimum atomic E-state index is -4.02. The predicted molar refractivity (Wildman–Crippen MR) is 126 cm³/mol. The molecule has 0 fully saturated rings. The maximum absolute atomic E-state index is 13.4. The van der Waals surface area contributed by atoms with Crippen molar-refractivity contribution in [3.63, 3.8) is 0 Å². The van der Waals surface area contributed by atoms with E-state index in [-0.39, 0.29) is 4.90 Å². The average molecular weight is 472 g/mol. The topological polar surface area (TPSA) is 88.1 Å². The Morgan fingerprint density at radius 1 is 1.09 bits per heavy atom. The van der Waals surface area contributed by atoms with Gasteiger partial charge in [0.25, 0.3) is 15.9 Å². The van der Waals surface area contributed by atoms with Crippen LogP contribution in [0.1, 0.15) is 11.1 Å². The van der Waals surface area contributed by atoms with Crippen LogP contribution in [0.5, 0.6) is 5.75 Å². The maximum atomic E-state index is 13.4. The van der Waals surface area contributed by atoms with E-state index in [4.69, 9.17) is 16.3 Å². The van der Waals surface area contributed by atoms with Gasteiger partial charge < -0.3 is 4.74 Å². The van der Waals surface area contributed by atoms with E-state index in [0.29, 0.717) is 16.5 Å². The Morgan fingerprint density at radius 3 is 2.44 bits per heavy atom. The van der Waals surface area contributed by atoms with Crippen LogP contribution in [0.3, 0.4) is 0 Å². The van der Waals surface area contributed by atoms with Crippen LogP contribution in [0, 0.1) is 6.92 Å². The largest absolute Gasteiger partial charge is 0.497 e. The van der Waals surface area contributed by atoms with Crippen LogP contribution >= 0.6 is 11.6 Å². The summed E-state index contributed by atoms with van der Waals surface area (Å²) in [6.45, 7) is 1.39. The summed E-state index contributed by atoms with van der Waals surface area (Å²) in [5.74, 6) is -0.138. The van der Waals surface area contributed by atoms with Crippen molar-refractivity contribution in [3.8, 4) is 5.75 Å². The Hall–Kier alpha value is -3.36. The number of hydrazone groups is 1. The number of methoxy groups -OCH3 is 1. The normalized spacial score (nSPS) is 11.3. The molecule has 0 atom stereocenters. The first kappa shape index (κ1) is 23.3. The van der Waals surface area contributed by atoms with Crippen molar-refractivity contribution in [1.29, 1.82) is 0 Å². The molecule has 1 N–H and O–H groups in total. The highest BCUT2D eigenvalue weighted by molar-refractivity contribution is 7.92. The third kappa shape index (κ3) is 5.87. The Bertz CT molecular complexity index is 1210. The number of anilines is 1. The molecule has 0 heterocycles. The number of hydrogen-bond acceptors (Lipinski definition) is 5. The SMILES string of the molecule is COc1cccc(N(CC(=O)N/N=C\c2ccc(Cl)cc2)S(=O)(=O)c2ccc(C)cc2)c1. The highest BCUT2D eigenvalue weighted by Gasteiger charge is 2.27. The zero-order chi connectivity index (χ0) is 23.1. The van der Waals surface area contributed by atoms with Crippen LogP contribution in [-0.2, 0) is 14.8 Å². The van der Waals surface area contributed by atoms with Crippen molar-refractivity contribution >= 4 is 39.4 Å². The van der Waals surface area contributed by atoms with E-state index in [0.717, 1.165) is 15.4 Å². The number of nitrogens with zero attached hydrogens (tertiary/aromatic N) is 2. The van der Waals surface area contributed by atoms with Crippen LogP contribution in [-0.4, -0.2) is 34.2 Å². The van der Waals surface area contributed by atoms with E-state index >= 15 is 0 Å². The smallest absolute Gasteiger partial charge is 0.264 e. The van der Waals surface area contributed by atoms with Crippen molar-refractivity contribution in [2.75, 3.05) is 18.0 Å². The number of carbonyl (C=O) groups excluding carboxylic acids is 1. The van der Waals surface area contributed by atoms with Crippen LogP contribution in [0.25, 0.3) is 0 Å². The third-order valence-electron chi connectivity index (χ3n) is 4.51. The number of rotatable bonds is 8. The van der Waals surface area contributed by atoms with Crippen LogP contribution in [0.2, 0.25) is 5.02 Å². The molecule has 0 aliphatic carbocycles. The van der Waals surface area contributed by atoms with Gasteiger partial charge in [0.2, 0.25) is 0 Å². The molecule has 3 aromatic carbocycles. The second-order valence-electron chi connectivity index (χ2n) is 6.87. The summed E-state index contributed by atoms with van der Waals surface area (Å²) in [6, 6.07) is 19.8. The molecule has 0 unspecified atom stereocenters. The summed E-state index contributed by atoms with van der Waals surface area (Å²) in [4.78, 5) is 12.6. The summed E-state index contributed by atoms with van der Waals surface area (Å²) >= 11 is 5.85. The lowest BCUT2D eigenvalue weighted by atomic mass is 10.2. The first-order valence-corrected chi connectivity index (χ1v) is 11.4. The molecule has 32 heavy (non-hydrogen) atoms. The van der Waals surface area contributed by atoms with Gasteiger partial charge in [-0.3, -0.25) is 9.10 Å². The van der Waals surface area contributed by atoms with Crippen molar-refractivity contribution in [1.82, 2.24) is 5.43 Å². The van der Waals surface area contributed by atoms with E-state index in [1.54, 1.807) is 60.7 Å². The average Bonchev–Trinajstić information content (AvgIpc) is 2.79. The zero-order valence-electron chi connectivity index (χ0n) is 17.5. The van der Waals surface area contributed by atoms with Crippen molar-refractivity contribution in [2.45, 2.75) is 11.8 Å². The summed E-state index contributed by atoms with van der Waals surface area (Å²) in [7, 11) is -2.54. The monoisotopic (exact) mass is 471 g/mol. The second kappa shape index (κ2) is 10.3. The van der Waals surface area contributed by atoms with Gasteiger partial charge in [0, 0.05) is 11.1 Å². The fourth-order valence-electron chi connectivity index (χ4n) is 2.81. The first-order chi connectivity index (χ1) is 15.3. The molecule has 3 aromatic rings. The number of benzene rings is 3. The Morgan fingerprint density at radius 2 is 1.78 bits per heavy atom. The molecule has 7 nitrogen and oxygen atoms in total. The van der Waals surface area contributed by atoms with Gasteiger partial charge in [-0.1, -0.05) is 47.5 Å². The molecule has 3 rings (SSSR count). The van der Waals surface area contributed by atoms with Crippen LogP contribution in [0.15, 0.2) is 82.8 Å². The molecule has 1 amide bonds. The summed E-state index contributed by atoms with van der Waals surface area (Å²) < 4.78 is 33.0. The molecule has 0 radical (unpaired) electrons. The lowest BCUT2D eigenvalue weighted by Crippen LogP contribution is -2.39. The van der Waals surface area contributed by atoms with Crippen LogP contribution < -0.4 is 14.5 Å². The van der Waals surface area contributed by atoms with Gasteiger partial charge in [-0.05, 0) is 48.9 Å². The van der Waals surface area contributed by atoms with Gasteiger partial charge in [-0.25, -0.2) is 13.8 Å². The Kier molecular flexibility index (Phi) is 7.50. The summed E-state index contributed by atoms with van der Waals surface area (Å²) in [5.41, 5.74) is 4.31. The number of nitrogens with one attached hydrogen (secondary N) is 1. The number of aryl methyl sites for hydroxylation is 1. The number of hydrogen-bond donors (Lipinski definition) is 1. The molecule has 0 saturated carbocycles. The minimum absolute atomic E-state index is 0.0726. The van der Waals surface area contributed by atoms with E-state index in [2.05, 4.69) is 10.5 Å². The Balaban J connectivity index is 1.85. The van der Waals surface area contributed by atoms with Gasteiger partial charge in [-0.2, -0.15) is 5.10 Å². The van der Waals surface area contributed by atoms with Crippen molar-refractivity contribution < 1.29 is 17.9 Å². The second-order valence-corrected chi connectivity index (χ2v) is 9.17. The predicted octanol–water partition coefficient (Wildman–Crippen LogP) is 4.00. The summed E-state index contributed by atoms with van der Waals surface area (Å²) in [5, 5.41) is 4.49. The number of carbonyl (C=O) groups is 1. The lowest BCUT2D eigenvalue weighted by molar-refractivity contribution is -0.119. The van der Waals surface area contributed by atoms with E-state index in [1.165, 1.54) is 25.5 Å². The molecule has 166 valence electrons.